The van der Waals surface area contributed by atoms with Gasteiger partial charge in [0.25, 0.3) is 0 Å². The molecule has 236 valence electrons. The molecule has 9 nitrogen and oxygen atoms in total. The van der Waals surface area contributed by atoms with Crippen LogP contribution in [0.5, 0.6) is 5.75 Å². The monoisotopic (exact) mass is 595 g/mol. The van der Waals surface area contributed by atoms with E-state index in [4.69, 9.17) is 14.2 Å². The van der Waals surface area contributed by atoms with E-state index in [1.54, 1.807) is 62.5 Å². The fourth-order valence-electron chi connectivity index (χ4n) is 6.01. The number of hydrogen-bond acceptors (Lipinski definition) is 6. The standard InChI is InChI=1S/C34H49N3O6/c1-8-26(41-6)18-17-22(3)20-37-30(32(38)36-29-16-11-10-13-23(29)4)21-43-24(5)31(28(9-2)34(37)40)33(39)35-25-14-12-15-27(19-25)42-7/h8,12,14-15,17-19,23-24,28-31H,1,9-11,13,16,20-21H2,2-7H3,(H,35,39)(H,36,38)/b22-17+,26-18+. The number of rotatable bonds is 11. The largest absolute Gasteiger partial charge is 0.497 e. The number of carbonyl (C=O) groups is 3. The minimum atomic E-state index is -0.839. The molecular formula is C34H49N3O6. The van der Waals surface area contributed by atoms with E-state index in [0.717, 1.165) is 31.3 Å². The predicted molar refractivity (Wildman–Crippen MR) is 168 cm³/mol. The molecular weight excluding hydrogens is 546 g/mol. The number of nitrogens with one attached hydrogen (secondary N) is 2. The minimum Gasteiger partial charge on any atom is -0.497 e. The van der Waals surface area contributed by atoms with Gasteiger partial charge >= 0.3 is 0 Å². The molecule has 6 atom stereocenters. The maximum absolute atomic E-state index is 14.4. The second kappa shape index (κ2) is 16.3. The van der Waals surface area contributed by atoms with Gasteiger partial charge in [-0.3, -0.25) is 14.4 Å². The summed E-state index contributed by atoms with van der Waals surface area (Å²) in [6, 6.07) is 6.30. The fraction of sp³-hybridized carbons (Fsp3) is 0.559. The Hall–Kier alpha value is -3.59. The van der Waals surface area contributed by atoms with E-state index in [9.17, 15) is 14.4 Å². The van der Waals surface area contributed by atoms with Gasteiger partial charge in [-0.1, -0.05) is 51.0 Å². The van der Waals surface area contributed by atoms with Crippen molar-refractivity contribution < 1.29 is 28.6 Å². The minimum absolute atomic E-state index is 0.0156. The molecule has 43 heavy (non-hydrogen) atoms. The number of anilines is 1. The van der Waals surface area contributed by atoms with Crippen molar-refractivity contribution in [2.24, 2.45) is 17.8 Å². The van der Waals surface area contributed by atoms with Crippen LogP contribution in [-0.4, -0.2) is 68.2 Å². The molecule has 6 unspecified atom stereocenters. The zero-order valence-electron chi connectivity index (χ0n) is 26.6. The number of amides is 3. The molecule has 1 aliphatic heterocycles. The lowest BCUT2D eigenvalue weighted by Gasteiger charge is -2.41. The normalized spacial score (nSPS) is 27.0. The van der Waals surface area contributed by atoms with Crippen LogP contribution in [0.25, 0.3) is 0 Å². The van der Waals surface area contributed by atoms with Crippen molar-refractivity contribution in [1.82, 2.24) is 10.2 Å². The fourth-order valence-corrected chi connectivity index (χ4v) is 6.01. The smallest absolute Gasteiger partial charge is 0.245 e. The number of methoxy groups -OCH3 is 2. The first-order valence-corrected chi connectivity index (χ1v) is 15.3. The van der Waals surface area contributed by atoms with E-state index >= 15 is 0 Å². The zero-order chi connectivity index (χ0) is 31.5. The highest BCUT2D eigenvalue weighted by Crippen LogP contribution is 2.31. The quantitative estimate of drug-likeness (QED) is 0.267. The molecule has 0 spiro atoms. The van der Waals surface area contributed by atoms with Crippen LogP contribution >= 0.6 is 0 Å². The van der Waals surface area contributed by atoms with Crippen molar-refractivity contribution in [3.05, 3.63) is 60.4 Å². The molecule has 1 saturated heterocycles. The number of allylic oxidation sites excluding steroid dienone is 3. The summed E-state index contributed by atoms with van der Waals surface area (Å²) in [4.78, 5) is 43.6. The molecule has 0 radical (unpaired) electrons. The Labute approximate surface area is 256 Å². The summed E-state index contributed by atoms with van der Waals surface area (Å²) < 4.78 is 16.8. The summed E-state index contributed by atoms with van der Waals surface area (Å²) in [5.74, 6) is -0.689. The van der Waals surface area contributed by atoms with Crippen molar-refractivity contribution in [2.75, 3.05) is 32.7 Å². The van der Waals surface area contributed by atoms with Gasteiger partial charge in [-0.2, -0.15) is 0 Å². The molecule has 1 saturated carbocycles. The van der Waals surface area contributed by atoms with Crippen LogP contribution in [-0.2, 0) is 23.9 Å². The van der Waals surface area contributed by atoms with Crippen LogP contribution in [0.4, 0.5) is 5.69 Å². The molecule has 2 N–H and O–H groups in total. The van der Waals surface area contributed by atoms with Gasteiger partial charge in [-0.05, 0) is 63.3 Å². The highest BCUT2D eigenvalue weighted by molar-refractivity contribution is 5.98. The average Bonchev–Trinajstić information content (AvgIpc) is 2.99. The lowest BCUT2D eigenvalue weighted by molar-refractivity contribution is -0.159. The third kappa shape index (κ3) is 8.95. The maximum atomic E-state index is 14.4. The van der Waals surface area contributed by atoms with Crippen molar-refractivity contribution in [2.45, 2.75) is 78.0 Å². The van der Waals surface area contributed by atoms with Gasteiger partial charge in [0.2, 0.25) is 17.7 Å². The van der Waals surface area contributed by atoms with Crippen LogP contribution in [0.15, 0.2) is 60.4 Å². The summed E-state index contributed by atoms with van der Waals surface area (Å²) in [5, 5.41) is 6.19. The first-order valence-electron chi connectivity index (χ1n) is 15.3. The molecule has 1 heterocycles. The molecule has 1 aliphatic carbocycles. The van der Waals surface area contributed by atoms with Crippen molar-refractivity contribution in [3.8, 4) is 5.75 Å². The van der Waals surface area contributed by atoms with Gasteiger partial charge in [0.15, 0.2) is 0 Å². The molecule has 9 heteroatoms. The lowest BCUT2D eigenvalue weighted by atomic mass is 9.82. The molecule has 3 rings (SSSR count). The van der Waals surface area contributed by atoms with Gasteiger partial charge in [0, 0.05) is 24.3 Å². The van der Waals surface area contributed by atoms with Gasteiger partial charge in [0.1, 0.15) is 17.6 Å². The molecule has 0 aromatic heterocycles. The van der Waals surface area contributed by atoms with E-state index in [1.165, 1.54) is 0 Å². The van der Waals surface area contributed by atoms with Crippen LogP contribution in [0.2, 0.25) is 0 Å². The molecule has 1 aromatic carbocycles. The molecule has 0 bridgehead atoms. The second-order valence-electron chi connectivity index (χ2n) is 11.6. The number of carbonyl (C=O) groups excluding carboxylic acids is 3. The number of ether oxygens (including phenoxy) is 3. The van der Waals surface area contributed by atoms with E-state index in [1.807, 2.05) is 19.9 Å². The van der Waals surface area contributed by atoms with Crippen LogP contribution in [0.1, 0.15) is 59.8 Å². The van der Waals surface area contributed by atoms with E-state index in [2.05, 4.69) is 24.1 Å². The van der Waals surface area contributed by atoms with Gasteiger partial charge in [-0.15, -0.1) is 0 Å². The molecule has 3 amide bonds. The molecule has 1 aromatic rings. The van der Waals surface area contributed by atoms with Crippen LogP contribution in [0, 0.1) is 17.8 Å². The highest BCUT2D eigenvalue weighted by atomic mass is 16.5. The first kappa shape index (κ1) is 33.9. The Balaban J connectivity index is 1.95. The van der Waals surface area contributed by atoms with Crippen LogP contribution < -0.4 is 15.4 Å². The Morgan fingerprint density at radius 2 is 1.88 bits per heavy atom. The summed E-state index contributed by atoms with van der Waals surface area (Å²) in [7, 11) is 3.12. The zero-order valence-corrected chi connectivity index (χ0v) is 26.6. The Morgan fingerprint density at radius 1 is 1.14 bits per heavy atom. The van der Waals surface area contributed by atoms with Crippen molar-refractivity contribution in [3.63, 3.8) is 0 Å². The average molecular weight is 596 g/mol. The Morgan fingerprint density at radius 3 is 2.53 bits per heavy atom. The summed E-state index contributed by atoms with van der Waals surface area (Å²) in [5.41, 5.74) is 1.41. The number of nitrogens with zero attached hydrogens (tertiary/aromatic N) is 1. The Kier molecular flexibility index (Phi) is 12.9. The highest BCUT2D eigenvalue weighted by Gasteiger charge is 2.45. The maximum Gasteiger partial charge on any atom is 0.245 e. The number of benzene rings is 1. The van der Waals surface area contributed by atoms with Crippen molar-refractivity contribution in [1.29, 1.82) is 0 Å². The lowest BCUT2D eigenvalue weighted by Crippen LogP contribution is -2.60. The van der Waals surface area contributed by atoms with E-state index < -0.39 is 24.0 Å². The Bertz CT molecular complexity index is 1190. The van der Waals surface area contributed by atoms with Gasteiger partial charge in [-0.25, -0.2) is 0 Å². The summed E-state index contributed by atoms with van der Waals surface area (Å²) in [6.07, 6.45) is 9.23. The third-order valence-corrected chi connectivity index (χ3v) is 8.64. The molecule has 2 aliphatic rings. The van der Waals surface area contributed by atoms with Crippen molar-refractivity contribution >= 4 is 23.4 Å². The predicted octanol–water partition coefficient (Wildman–Crippen LogP) is 5.25. The second-order valence-corrected chi connectivity index (χ2v) is 11.6. The number of hydrogen-bond donors (Lipinski definition) is 2. The van der Waals surface area contributed by atoms with Crippen LogP contribution in [0.3, 0.4) is 0 Å². The molecule has 2 fully saturated rings. The van der Waals surface area contributed by atoms with E-state index in [0.29, 0.717) is 29.5 Å². The topological polar surface area (TPSA) is 106 Å². The van der Waals surface area contributed by atoms with Gasteiger partial charge in [0.05, 0.1) is 38.8 Å². The third-order valence-electron chi connectivity index (χ3n) is 8.64. The van der Waals surface area contributed by atoms with Gasteiger partial charge < -0.3 is 29.7 Å². The summed E-state index contributed by atoms with van der Waals surface area (Å²) in [6.45, 7) is 11.7. The van der Waals surface area contributed by atoms with E-state index in [-0.39, 0.29) is 36.9 Å². The summed E-state index contributed by atoms with van der Waals surface area (Å²) >= 11 is 0. The first-order chi connectivity index (χ1) is 20.6. The SMILES string of the molecule is C=C/C(=C\C=C(/C)CN1C(=O)C(CC)C(C(=O)Nc2cccc(OC)c2)C(C)OCC1C(=O)NC1CCCCC1C)OC.